The minimum atomic E-state index is -3.23. The van der Waals surface area contributed by atoms with E-state index in [1.807, 2.05) is 0 Å². The summed E-state index contributed by atoms with van der Waals surface area (Å²) in [5.74, 6) is 0.139. The fourth-order valence-electron chi connectivity index (χ4n) is 0.812. The summed E-state index contributed by atoms with van der Waals surface area (Å²) in [5.41, 5.74) is 0. The highest BCUT2D eigenvalue weighted by molar-refractivity contribution is 7.90. The largest absolute Gasteiger partial charge is 0.480 e. The Morgan fingerprint density at radius 2 is 2.17 bits per heavy atom. The molecule has 0 saturated heterocycles. The Morgan fingerprint density at radius 1 is 1.50 bits per heavy atom. The van der Waals surface area contributed by atoms with Gasteiger partial charge in [-0.1, -0.05) is 0 Å². The average molecular weight is 187 g/mol. The number of methoxy groups -OCH3 is 1. The van der Waals surface area contributed by atoms with Gasteiger partial charge in [0.25, 0.3) is 0 Å². The lowest BCUT2D eigenvalue weighted by Gasteiger charge is -2.03. The van der Waals surface area contributed by atoms with Crippen LogP contribution in [-0.2, 0) is 9.84 Å². The van der Waals surface area contributed by atoms with Crippen LogP contribution in [0.3, 0.4) is 0 Å². The zero-order chi connectivity index (χ0) is 9.19. The van der Waals surface area contributed by atoms with Gasteiger partial charge in [0.1, 0.15) is 4.90 Å². The van der Waals surface area contributed by atoms with E-state index in [-0.39, 0.29) is 10.8 Å². The molecule has 0 N–H and O–H groups in total. The monoisotopic (exact) mass is 187 g/mol. The molecule has 0 amide bonds. The van der Waals surface area contributed by atoms with Gasteiger partial charge in [0.2, 0.25) is 5.88 Å². The van der Waals surface area contributed by atoms with Gasteiger partial charge in [-0.2, -0.15) is 0 Å². The number of nitrogens with zero attached hydrogens (tertiary/aromatic N) is 1. The van der Waals surface area contributed by atoms with E-state index < -0.39 is 9.84 Å². The highest BCUT2D eigenvalue weighted by Gasteiger charge is 2.13. The van der Waals surface area contributed by atoms with Crippen LogP contribution in [0.25, 0.3) is 0 Å². The van der Waals surface area contributed by atoms with Gasteiger partial charge in [-0.05, 0) is 12.1 Å². The first-order valence-corrected chi connectivity index (χ1v) is 5.14. The molecule has 0 atom stereocenters. The summed E-state index contributed by atoms with van der Waals surface area (Å²) in [5, 5.41) is 0. The second-order valence-corrected chi connectivity index (χ2v) is 4.27. The van der Waals surface area contributed by atoms with Crippen molar-refractivity contribution in [1.82, 2.24) is 4.98 Å². The Kier molecular flexibility index (Phi) is 2.32. The standard InChI is InChI=1S/C7H9NO3S/c1-11-7-6(12(2,9)10)4-3-5-8-7/h3-5H,1-2H3. The van der Waals surface area contributed by atoms with Gasteiger partial charge in [-0.15, -0.1) is 0 Å². The van der Waals surface area contributed by atoms with E-state index >= 15 is 0 Å². The lowest BCUT2D eigenvalue weighted by atomic mass is 10.5. The Morgan fingerprint density at radius 3 is 2.58 bits per heavy atom. The van der Waals surface area contributed by atoms with E-state index in [9.17, 15) is 8.42 Å². The van der Waals surface area contributed by atoms with E-state index in [1.54, 1.807) is 6.07 Å². The zero-order valence-electron chi connectivity index (χ0n) is 6.81. The first kappa shape index (κ1) is 8.99. The molecular formula is C7H9NO3S. The van der Waals surface area contributed by atoms with Gasteiger partial charge >= 0.3 is 0 Å². The van der Waals surface area contributed by atoms with Crippen LogP contribution in [0.4, 0.5) is 0 Å². The van der Waals surface area contributed by atoms with Crippen LogP contribution in [0.15, 0.2) is 23.2 Å². The Labute approximate surface area is 71.1 Å². The third-order valence-corrected chi connectivity index (χ3v) is 2.44. The van der Waals surface area contributed by atoms with Crippen molar-refractivity contribution in [1.29, 1.82) is 0 Å². The second kappa shape index (κ2) is 3.10. The molecule has 0 spiro atoms. The van der Waals surface area contributed by atoms with Gasteiger partial charge in [0.05, 0.1) is 7.11 Å². The molecule has 0 bridgehead atoms. The van der Waals surface area contributed by atoms with E-state index in [1.165, 1.54) is 19.4 Å². The lowest BCUT2D eigenvalue weighted by Crippen LogP contribution is -2.01. The molecule has 4 nitrogen and oxygen atoms in total. The lowest BCUT2D eigenvalue weighted by molar-refractivity contribution is 0.385. The molecule has 1 heterocycles. The SMILES string of the molecule is COc1ncccc1S(C)(=O)=O. The number of aromatic nitrogens is 1. The highest BCUT2D eigenvalue weighted by atomic mass is 32.2. The molecule has 1 aromatic heterocycles. The van der Waals surface area contributed by atoms with Gasteiger partial charge in [0.15, 0.2) is 9.84 Å². The van der Waals surface area contributed by atoms with Crippen LogP contribution in [0.1, 0.15) is 0 Å². The molecule has 1 rings (SSSR count). The summed E-state index contributed by atoms with van der Waals surface area (Å²) in [6.45, 7) is 0. The number of hydrogen-bond donors (Lipinski definition) is 0. The van der Waals surface area contributed by atoms with Crippen LogP contribution in [0, 0.1) is 0 Å². The number of ether oxygens (including phenoxy) is 1. The third kappa shape index (κ3) is 1.73. The molecule has 5 heteroatoms. The van der Waals surface area contributed by atoms with Crippen molar-refractivity contribution in [2.24, 2.45) is 0 Å². The molecular weight excluding hydrogens is 178 g/mol. The maximum atomic E-state index is 11.1. The summed E-state index contributed by atoms with van der Waals surface area (Å²) >= 11 is 0. The van der Waals surface area contributed by atoms with Crippen molar-refractivity contribution >= 4 is 9.84 Å². The first-order valence-electron chi connectivity index (χ1n) is 3.25. The molecule has 66 valence electrons. The van der Waals surface area contributed by atoms with Crippen LogP contribution >= 0.6 is 0 Å². The topological polar surface area (TPSA) is 56.3 Å². The van der Waals surface area contributed by atoms with Crippen molar-refractivity contribution < 1.29 is 13.2 Å². The minimum Gasteiger partial charge on any atom is -0.480 e. The van der Waals surface area contributed by atoms with Gasteiger partial charge in [-0.3, -0.25) is 0 Å². The highest BCUT2D eigenvalue weighted by Crippen LogP contribution is 2.18. The van der Waals surface area contributed by atoms with Crippen LogP contribution in [0.2, 0.25) is 0 Å². The summed E-state index contributed by atoms with van der Waals surface area (Å²) in [4.78, 5) is 3.88. The molecule has 0 aliphatic heterocycles. The number of rotatable bonds is 2. The Hall–Kier alpha value is -1.10. The molecule has 0 radical (unpaired) electrons. The quantitative estimate of drug-likeness (QED) is 0.676. The third-order valence-electron chi connectivity index (χ3n) is 1.33. The van der Waals surface area contributed by atoms with Crippen molar-refractivity contribution in [3.63, 3.8) is 0 Å². The van der Waals surface area contributed by atoms with E-state index in [0.717, 1.165) is 6.26 Å². The summed E-state index contributed by atoms with van der Waals surface area (Å²) < 4.78 is 27.0. The molecule has 0 saturated carbocycles. The molecule has 0 fully saturated rings. The number of pyridine rings is 1. The molecule has 0 aliphatic rings. The molecule has 0 aliphatic carbocycles. The summed E-state index contributed by atoms with van der Waals surface area (Å²) in [7, 11) is -1.85. The molecule has 0 unspecified atom stereocenters. The fraction of sp³-hybridized carbons (Fsp3) is 0.286. The predicted molar refractivity (Wildman–Crippen MR) is 43.9 cm³/mol. The fourth-order valence-corrected chi connectivity index (χ4v) is 1.59. The van der Waals surface area contributed by atoms with Crippen molar-refractivity contribution in [3.05, 3.63) is 18.3 Å². The van der Waals surface area contributed by atoms with E-state index in [0.29, 0.717) is 0 Å². The molecule has 12 heavy (non-hydrogen) atoms. The van der Waals surface area contributed by atoms with Crippen molar-refractivity contribution in [2.45, 2.75) is 4.90 Å². The normalized spacial score (nSPS) is 11.2. The number of hydrogen-bond acceptors (Lipinski definition) is 4. The van der Waals surface area contributed by atoms with Crippen molar-refractivity contribution in [2.75, 3.05) is 13.4 Å². The van der Waals surface area contributed by atoms with Gasteiger partial charge in [-0.25, -0.2) is 13.4 Å². The zero-order valence-corrected chi connectivity index (χ0v) is 7.63. The van der Waals surface area contributed by atoms with Crippen LogP contribution < -0.4 is 4.74 Å². The Balaban J connectivity index is 3.33. The van der Waals surface area contributed by atoms with Gasteiger partial charge in [0, 0.05) is 12.5 Å². The first-order chi connectivity index (χ1) is 5.55. The second-order valence-electron chi connectivity index (χ2n) is 2.28. The predicted octanol–water partition coefficient (Wildman–Crippen LogP) is 0.494. The maximum absolute atomic E-state index is 11.1. The van der Waals surface area contributed by atoms with E-state index in [4.69, 9.17) is 4.74 Å². The molecule has 1 aromatic rings. The van der Waals surface area contributed by atoms with Gasteiger partial charge < -0.3 is 4.74 Å². The van der Waals surface area contributed by atoms with Crippen LogP contribution in [-0.4, -0.2) is 26.8 Å². The maximum Gasteiger partial charge on any atom is 0.232 e. The smallest absolute Gasteiger partial charge is 0.232 e. The van der Waals surface area contributed by atoms with E-state index in [2.05, 4.69) is 4.98 Å². The Bertz CT molecular complexity index is 372. The summed E-state index contributed by atoms with van der Waals surface area (Å²) in [6, 6.07) is 3.01. The number of sulfone groups is 1. The minimum absolute atomic E-state index is 0.118. The summed E-state index contributed by atoms with van der Waals surface area (Å²) in [6.07, 6.45) is 2.60. The molecule has 0 aromatic carbocycles. The van der Waals surface area contributed by atoms with Crippen LogP contribution in [0.5, 0.6) is 5.88 Å². The van der Waals surface area contributed by atoms with Crippen molar-refractivity contribution in [3.8, 4) is 5.88 Å². The average Bonchev–Trinajstić information content (AvgIpc) is 2.03.